The van der Waals surface area contributed by atoms with Crippen LogP contribution >= 0.6 is 0 Å². The molecule has 0 heterocycles. The highest BCUT2D eigenvalue weighted by molar-refractivity contribution is 6.01. The molecule has 0 aliphatic rings. The molecule has 0 aliphatic heterocycles. The highest BCUT2D eigenvalue weighted by atomic mass is 19.3. The zero-order valence-electron chi connectivity index (χ0n) is 16.3. The first-order chi connectivity index (χ1) is 15.1. The van der Waals surface area contributed by atoms with E-state index in [-0.39, 0.29) is 11.3 Å². The number of nitrogens with one attached hydrogen (secondary N) is 1. The van der Waals surface area contributed by atoms with Crippen molar-refractivity contribution in [3.05, 3.63) is 57.6 Å². The Balaban J connectivity index is 2.17. The minimum Gasteiger partial charge on any atom is -0.454 e. The van der Waals surface area contributed by atoms with E-state index < -0.39 is 59.3 Å². The van der Waals surface area contributed by atoms with Gasteiger partial charge in [-0.25, -0.2) is 4.79 Å². The summed E-state index contributed by atoms with van der Waals surface area (Å²) in [4.78, 5) is 35.0. The van der Waals surface area contributed by atoms with E-state index in [1.807, 2.05) is 0 Å². The number of hydrogen-bond donors (Lipinski definition) is 1. The zero-order chi connectivity index (χ0) is 23.8. The number of carbonyl (C=O) groups excluding carboxylic acids is 2. The fraction of sp³-hybridized carbons (Fsp3) is 0.263. The van der Waals surface area contributed by atoms with Crippen molar-refractivity contribution in [3.8, 4) is 11.5 Å². The third kappa shape index (κ3) is 6.55. The number of nitro benzene ring substituents is 1. The van der Waals surface area contributed by atoms with Crippen LogP contribution in [0.2, 0.25) is 0 Å². The van der Waals surface area contributed by atoms with Gasteiger partial charge in [0, 0.05) is 18.7 Å². The molecule has 2 aromatic carbocycles. The first-order valence-corrected chi connectivity index (χ1v) is 8.88. The third-order valence-corrected chi connectivity index (χ3v) is 3.83. The highest BCUT2D eigenvalue weighted by Gasteiger charge is 2.22. The van der Waals surface area contributed by atoms with Crippen molar-refractivity contribution in [2.45, 2.75) is 20.1 Å². The molecule has 0 atom stereocenters. The summed E-state index contributed by atoms with van der Waals surface area (Å²) in [7, 11) is 0. The molecule has 32 heavy (non-hydrogen) atoms. The van der Waals surface area contributed by atoms with Gasteiger partial charge in [-0.05, 0) is 31.2 Å². The van der Waals surface area contributed by atoms with Gasteiger partial charge in [0.15, 0.2) is 6.61 Å². The van der Waals surface area contributed by atoms with Crippen molar-refractivity contribution in [1.82, 2.24) is 0 Å². The largest absolute Gasteiger partial charge is 0.454 e. The molecular weight excluding hydrogens is 444 g/mol. The Kier molecular flexibility index (Phi) is 8.32. The lowest BCUT2D eigenvalue weighted by atomic mass is 10.1. The Morgan fingerprint density at radius 2 is 1.75 bits per heavy atom. The first kappa shape index (κ1) is 24.4. The number of esters is 1. The Hall–Kier alpha value is -3.90. The minimum absolute atomic E-state index is 0.171. The second-order valence-corrected chi connectivity index (χ2v) is 5.93. The van der Waals surface area contributed by atoms with E-state index in [9.17, 15) is 37.3 Å². The van der Waals surface area contributed by atoms with Crippen LogP contribution in [0.1, 0.15) is 27.6 Å². The van der Waals surface area contributed by atoms with Gasteiger partial charge in [-0.2, -0.15) is 17.6 Å². The van der Waals surface area contributed by atoms with E-state index in [2.05, 4.69) is 14.8 Å². The Morgan fingerprint density at radius 1 is 1.06 bits per heavy atom. The lowest BCUT2D eigenvalue weighted by Crippen LogP contribution is -2.16. The van der Waals surface area contributed by atoms with Crippen LogP contribution in [0.4, 0.5) is 28.9 Å². The predicted molar refractivity (Wildman–Crippen MR) is 102 cm³/mol. The van der Waals surface area contributed by atoms with Crippen LogP contribution in [0, 0.1) is 10.1 Å². The second kappa shape index (κ2) is 10.9. The molecule has 0 bridgehead atoms. The smallest absolute Gasteiger partial charge is 0.387 e. The van der Waals surface area contributed by atoms with Crippen molar-refractivity contribution in [3.63, 3.8) is 0 Å². The molecule has 1 N–H and O–H groups in total. The van der Waals surface area contributed by atoms with Crippen LogP contribution in [0.3, 0.4) is 0 Å². The predicted octanol–water partition coefficient (Wildman–Crippen LogP) is 4.27. The fourth-order valence-electron chi connectivity index (χ4n) is 2.54. The molecule has 0 amide bonds. The SMILES string of the molecule is CCNc1ccc(C(=O)OCC(=O)c2ccc(OC(F)F)cc2OC(F)F)cc1[N+](=O)[O-]. The average molecular weight is 460 g/mol. The summed E-state index contributed by atoms with van der Waals surface area (Å²) in [5, 5.41) is 13.9. The summed E-state index contributed by atoms with van der Waals surface area (Å²) in [6, 6.07) is 5.95. The summed E-state index contributed by atoms with van der Waals surface area (Å²) >= 11 is 0. The number of hydrogen-bond acceptors (Lipinski definition) is 8. The molecule has 0 aliphatic carbocycles. The number of carbonyl (C=O) groups is 2. The number of halogens is 4. The van der Waals surface area contributed by atoms with E-state index in [1.54, 1.807) is 6.92 Å². The monoisotopic (exact) mass is 460 g/mol. The van der Waals surface area contributed by atoms with Crippen molar-refractivity contribution < 1.29 is 46.3 Å². The van der Waals surface area contributed by atoms with Crippen LogP contribution in [0.15, 0.2) is 36.4 Å². The summed E-state index contributed by atoms with van der Waals surface area (Å²) in [5.74, 6) is -3.36. The van der Waals surface area contributed by atoms with Gasteiger partial charge in [0.2, 0.25) is 5.78 Å². The van der Waals surface area contributed by atoms with E-state index in [0.717, 1.165) is 18.2 Å². The highest BCUT2D eigenvalue weighted by Crippen LogP contribution is 2.29. The molecule has 172 valence electrons. The lowest BCUT2D eigenvalue weighted by Gasteiger charge is -2.13. The number of Topliss-reactive ketones (excluding diaryl/α,β-unsaturated/α-hetero) is 1. The van der Waals surface area contributed by atoms with Crippen molar-refractivity contribution in [1.29, 1.82) is 0 Å². The number of ether oxygens (including phenoxy) is 3. The van der Waals surface area contributed by atoms with Gasteiger partial charge < -0.3 is 19.5 Å². The number of nitrogens with zero attached hydrogens (tertiary/aromatic N) is 1. The van der Waals surface area contributed by atoms with Crippen LogP contribution in [0.25, 0.3) is 0 Å². The van der Waals surface area contributed by atoms with Gasteiger partial charge in [0.05, 0.1) is 16.1 Å². The molecular formula is C19H16F4N2O7. The molecule has 0 unspecified atom stereocenters. The van der Waals surface area contributed by atoms with Gasteiger partial charge in [-0.3, -0.25) is 14.9 Å². The Bertz CT molecular complexity index is 1000. The molecule has 9 nitrogen and oxygen atoms in total. The van der Waals surface area contributed by atoms with Gasteiger partial charge in [0.1, 0.15) is 17.2 Å². The maximum atomic E-state index is 12.6. The standard InChI is InChI=1S/C19H16F4N2O7/c1-2-24-13-6-3-10(7-14(13)25(28)29)17(27)30-9-15(26)12-5-4-11(31-18(20)21)8-16(12)32-19(22)23/h3-8,18-19,24H,2,9H2,1H3. The first-order valence-electron chi connectivity index (χ1n) is 8.88. The van der Waals surface area contributed by atoms with Crippen LogP contribution in [-0.4, -0.2) is 43.1 Å². The number of anilines is 1. The van der Waals surface area contributed by atoms with Crippen molar-refractivity contribution in [2.24, 2.45) is 0 Å². The Morgan fingerprint density at radius 3 is 2.34 bits per heavy atom. The average Bonchev–Trinajstić information content (AvgIpc) is 2.71. The topological polar surface area (TPSA) is 117 Å². The van der Waals surface area contributed by atoms with Crippen LogP contribution in [0.5, 0.6) is 11.5 Å². The summed E-state index contributed by atoms with van der Waals surface area (Å²) in [6.45, 7) is -5.43. The number of alkyl halides is 4. The molecule has 0 aromatic heterocycles. The molecule has 0 radical (unpaired) electrons. The summed E-state index contributed by atoms with van der Waals surface area (Å²) in [5.41, 5.74) is -0.927. The number of ketones is 1. The maximum Gasteiger partial charge on any atom is 0.387 e. The van der Waals surface area contributed by atoms with E-state index >= 15 is 0 Å². The maximum absolute atomic E-state index is 12.6. The molecule has 0 saturated carbocycles. The summed E-state index contributed by atoms with van der Waals surface area (Å²) in [6.07, 6.45) is 0. The zero-order valence-corrected chi connectivity index (χ0v) is 16.3. The molecule has 0 saturated heterocycles. The number of nitro groups is 1. The number of rotatable bonds is 11. The van der Waals surface area contributed by atoms with Gasteiger partial charge in [-0.15, -0.1) is 0 Å². The lowest BCUT2D eigenvalue weighted by molar-refractivity contribution is -0.384. The van der Waals surface area contributed by atoms with Crippen molar-refractivity contribution in [2.75, 3.05) is 18.5 Å². The molecule has 0 fully saturated rings. The number of benzene rings is 2. The normalized spacial score (nSPS) is 10.7. The minimum atomic E-state index is -3.37. The van der Waals surface area contributed by atoms with Gasteiger partial charge >= 0.3 is 19.2 Å². The molecule has 13 heteroatoms. The third-order valence-electron chi connectivity index (χ3n) is 3.83. The van der Waals surface area contributed by atoms with Gasteiger partial charge in [-0.1, -0.05) is 0 Å². The molecule has 0 spiro atoms. The summed E-state index contributed by atoms with van der Waals surface area (Å²) < 4.78 is 62.9. The van der Waals surface area contributed by atoms with Crippen LogP contribution < -0.4 is 14.8 Å². The van der Waals surface area contributed by atoms with Gasteiger partial charge in [0.25, 0.3) is 5.69 Å². The quantitative estimate of drug-likeness (QED) is 0.174. The Labute approximate surface area is 178 Å². The fourth-order valence-corrected chi connectivity index (χ4v) is 2.54. The van der Waals surface area contributed by atoms with Crippen LogP contribution in [-0.2, 0) is 4.74 Å². The second-order valence-electron chi connectivity index (χ2n) is 5.93. The molecule has 2 rings (SSSR count). The molecule has 2 aromatic rings. The van der Waals surface area contributed by atoms with E-state index in [4.69, 9.17) is 4.74 Å². The van der Waals surface area contributed by atoms with Crippen molar-refractivity contribution >= 4 is 23.1 Å². The van der Waals surface area contributed by atoms with E-state index in [0.29, 0.717) is 12.6 Å². The van der Waals surface area contributed by atoms with E-state index in [1.165, 1.54) is 12.1 Å².